The third-order valence-corrected chi connectivity index (χ3v) is 3.75. The van der Waals surface area contributed by atoms with Crippen LogP contribution in [0.4, 0.5) is 23.7 Å². The molecular weight excluding hydrogens is 297 g/mol. The summed E-state index contributed by atoms with van der Waals surface area (Å²) >= 11 is 0. The third kappa shape index (κ3) is 4.37. The van der Waals surface area contributed by atoms with Crippen LogP contribution in [0.15, 0.2) is 24.3 Å². The Labute approximate surface area is 127 Å². The molecule has 1 aliphatic heterocycles. The van der Waals surface area contributed by atoms with Crippen LogP contribution in [0.1, 0.15) is 18.4 Å². The van der Waals surface area contributed by atoms with Crippen LogP contribution < -0.4 is 5.32 Å². The molecule has 0 saturated carbocycles. The van der Waals surface area contributed by atoms with E-state index in [2.05, 4.69) is 5.32 Å². The SMILES string of the molecule is COCC1CCN(C(=O)Nc2cccc(C(F)(F)F)c2)CC1. The lowest BCUT2D eigenvalue weighted by Crippen LogP contribution is -2.41. The van der Waals surface area contributed by atoms with E-state index < -0.39 is 11.7 Å². The molecule has 0 aliphatic carbocycles. The first kappa shape index (κ1) is 16.6. The number of methoxy groups -OCH3 is 1. The van der Waals surface area contributed by atoms with E-state index in [-0.39, 0.29) is 11.7 Å². The minimum Gasteiger partial charge on any atom is -0.384 e. The van der Waals surface area contributed by atoms with Gasteiger partial charge in [0.2, 0.25) is 0 Å². The van der Waals surface area contributed by atoms with Crippen molar-refractivity contribution in [1.29, 1.82) is 0 Å². The lowest BCUT2D eigenvalue weighted by molar-refractivity contribution is -0.137. The van der Waals surface area contributed by atoms with Gasteiger partial charge in [-0.05, 0) is 37.0 Å². The minimum atomic E-state index is -4.42. The van der Waals surface area contributed by atoms with E-state index in [1.807, 2.05) is 0 Å². The van der Waals surface area contributed by atoms with Gasteiger partial charge in [-0.15, -0.1) is 0 Å². The number of anilines is 1. The third-order valence-electron chi connectivity index (χ3n) is 3.75. The topological polar surface area (TPSA) is 41.6 Å². The smallest absolute Gasteiger partial charge is 0.384 e. The van der Waals surface area contributed by atoms with Crippen molar-refractivity contribution < 1.29 is 22.7 Å². The normalized spacial score (nSPS) is 16.6. The van der Waals surface area contributed by atoms with Crippen LogP contribution in [0, 0.1) is 5.92 Å². The quantitative estimate of drug-likeness (QED) is 0.926. The highest BCUT2D eigenvalue weighted by Gasteiger charge is 2.30. The first-order valence-electron chi connectivity index (χ1n) is 7.12. The molecule has 4 nitrogen and oxygen atoms in total. The van der Waals surface area contributed by atoms with Gasteiger partial charge >= 0.3 is 12.2 Å². The molecule has 1 N–H and O–H groups in total. The molecule has 1 heterocycles. The first-order valence-corrected chi connectivity index (χ1v) is 7.12. The van der Waals surface area contributed by atoms with Crippen molar-refractivity contribution in [1.82, 2.24) is 4.90 Å². The molecule has 0 radical (unpaired) electrons. The van der Waals surface area contributed by atoms with E-state index in [1.54, 1.807) is 12.0 Å². The fourth-order valence-corrected chi connectivity index (χ4v) is 2.51. The van der Waals surface area contributed by atoms with Gasteiger partial charge in [0.05, 0.1) is 5.56 Å². The Bertz CT molecular complexity index is 512. The number of amides is 2. The Morgan fingerprint density at radius 3 is 2.64 bits per heavy atom. The van der Waals surface area contributed by atoms with Crippen molar-refractivity contribution in [2.75, 3.05) is 32.1 Å². The Morgan fingerprint density at radius 1 is 1.36 bits per heavy atom. The second kappa shape index (κ2) is 7.00. The summed E-state index contributed by atoms with van der Waals surface area (Å²) in [7, 11) is 1.65. The minimum absolute atomic E-state index is 0.152. The van der Waals surface area contributed by atoms with Gasteiger partial charge in [0.15, 0.2) is 0 Å². The number of carbonyl (C=O) groups is 1. The van der Waals surface area contributed by atoms with Crippen molar-refractivity contribution in [2.24, 2.45) is 5.92 Å². The monoisotopic (exact) mass is 316 g/mol. The molecule has 0 spiro atoms. The standard InChI is InChI=1S/C15H19F3N2O2/c1-22-10-11-5-7-20(8-6-11)14(21)19-13-4-2-3-12(9-13)15(16,17)18/h2-4,9,11H,5-8,10H2,1H3,(H,19,21). The maximum absolute atomic E-state index is 12.6. The summed E-state index contributed by atoms with van der Waals surface area (Å²) in [6.07, 6.45) is -2.74. The zero-order valence-electron chi connectivity index (χ0n) is 12.3. The van der Waals surface area contributed by atoms with Gasteiger partial charge in [-0.25, -0.2) is 4.79 Å². The van der Waals surface area contributed by atoms with Gasteiger partial charge in [-0.1, -0.05) is 6.07 Å². The fraction of sp³-hybridized carbons (Fsp3) is 0.533. The van der Waals surface area contributed by atoms with E-state index in [9.17, 15) is 18.0 Å². The van der Waals surface area contributed by atoms with Gasteiger partial charge in [0.1, 0.15) is 0 Å². The number of carbonyl (C=O) groups excluding carboxylic acids is 1. The molecule has 1 aromatic carbocycles. The number of piperidine rings is 1. The summed E-state index contributed by atoms with van der Waals surface area (Å²) in [6.45, 7) is 1.83. The Morgan fingerprint density at radius 2 is 2.05 bits per heavy atom. The number of ether oxygens (including phenoxy) is 1. The second-order valence-electron chi connectivity index (χ2n) is 5.39. The Hall–Kier alpha value is -1.76. The highest BCUT2D eigenvalue weighted by molar-refractivity contribution is 5.89. The second-order valence-corrected chi connectivity index (χ2v) is 5.39. The van der Waals surface area contributed by atoms with Crippen molar-refractivity contribution in [3.63, 3.8) is 0 Å². The van der Waals surface area contributed by atoms with Crippen LogP contribution in [0.5, 0.6) is 0 Å². The number of hydrogen-bond acceptors (Lipinski definition) is 2. The maximum atomic E-state index is 12.6. The summed E-state index contributed by atoms with van der Waals surface area (Å²) in [5, 5.41) is 2.53. The van der Waals surface area contributed by atoms with Crippen LogP contribution in [0.3, 0.4) is 0 Å². The summed E-state index contributed by atoms with van der Waals surface area (Å²) < 4.78 is 43.0. The zero-order chi connectivity index (χ0) is 16.2. The van der Waals surface area contributed by atoms with Gasteiger partial charge in [-0.3, -0.25) is 0 Å². The predicted octanol–water partition coefficient (Wildman–Crippen LogP) is 3.60. The molecule has 2 amide bonds. The predicted molar refractivity (Wildman–Crippen MR) is 76.6 cm³/mol. The lowest BCUT2D eigenvalue weighted by Gasteiger charge is -2.31. The molecule has 1 saturated heterocycles. The number of likely N-dealkylation sites (tertiary alicyclic amines) is 1. The molecule has 0 bridgehead atoms. The van der Waals surface area contributed by atoms with Crippen molar-refractivity contribution >= 4 is 11.7 Å². The molecule has 0 atom stereocenters. The fourth-order valence-electron chi connectivity index (χ4n) is 2.51. The summed E-state index contributed by atoms with van der Waals surface area (Å²) in [4.78, 5) is 13.7. The average molecular weight is 316 g/mol. The highest BCUT2D eigenvalue weighted by atomic mass is 19.4. The van der Waals surface area contributed by atoms with E-state index in [4.69, 9.17) is 4.74 Å². The summed E-state index contributed by atoms with van der Waals surface area (Å²) in [5.41, 5.74) is -0.622. The van der Waals surface area contributed by atoms with Crippen LogP contribution >= 0.6 is 0 Å². The largest absolute Gasteiger partial charge is 0.416 e. The number of hydrogen-bond donors (Lipinski definition) is 1. The zero-order valence-corrected chi connectivity index (χ0v) is 12.3. The van der Waals surface area contributed by atoms with E-state index in [0.29, 0.717) is 25.6 Å². The van der Waals surface area contributed by atoms with E-state index in [0.717, 1.165) is 25.0 Å². The summed E-state index contributed by atoms with van der Waals surface area (Å²) in [6, 6.07) is 4.28. The van der Waals surface area contributed by atoms with Crippen LogP contribution in [0.25, 0.3) is 0 Å². The molecule has 7 heteroatoms. The molecule has 122 valence electrons. The van der Waals surface area contributed by atoms with Crippen LogP contribution in [-0.2, 0) is 10.9 Å². The van der Waals surface area contributed by atoms with Gasteiger partial charge in [0, 0.05) is 32.5 Å². The molecule has 1 aromatic rings. The molecule has 22 heavy (non-hydrogen) atoms. The van der Waals surface area contributed by atoms with Gasteiger partial charge in [0.25, 0.3) is 0 Å². The van der Waals surface area contributed by atoms with Crippen molar-refractivity contribution in [3.05, 3.63) is 29.8 Å². The van der Waals surface area contributed by atoms with Crippen molar-refractivity contribution in [2.45, 2.75) is 19.0 Å². The Balaban J connectivity index is 1.93. The number of benzene rings is 1. The molecule has 1 fully saturated rings. The van der Waals surface area contributed by atoms with E-state index in [1.165, 1.54) is 12.1 Å². The molecule has 2 rings (SSSR count). The van der Waals surface area contributed by atoms with Crippen LogP contribution in [-0.4, -0.2) is 37.7 Å². The van der Waals surface area contributed by atoms with Crippen LogP contribution in [0.2, 0.25) is 0 Å². The number of urea groups is 1. The van der Waals surface area contributed by atoms with Gasteiger partial charge in [-0.2, -0.15) is 13.2 Å². The number of nitrogens with one attached hydrogen (secondary N) is 1. The summed E-state index contributed by atoms with van der Waals surface area (Å²) in [5.74, 6) is 0.433. The molecule has 0 aromatic heterocycles. The van der Waals surface area contributed by atoms with E-state index >= 15 is 0 Å². The molecular formula is C15H19F3N2O2. The number of alkyl halides is 3. The number of rotatable bonds is 3. The van der Waals surface area contributed by atoms with Crippen molar-refractivity contribution in [3.8, 4) is 0 Å². The lowest BCUT2D eigenvalue weighted by atomic mass is 9.98. The molecule has 0 unspecified atom stereocenters. The Kier molecular flexibility index (Phi) is 5.28. The maximum Gasteiger partial charge on any atom is 0.416 e. The average Bonchev–Trinajstić information content (AvgIpc) is 2.48. The van der Waals surface area contributed by atoms with Gasteiger partial charge < -0.3 is 15.0 Å². The molecule has 1 aliphatic rings. The number of halogens is 3. The first-order chi connectivity index (χ1) is 10.4. The number of nitrogens with zero attached hydrogens (tertiary/aromatic N) is 1. The highest BCUT2D eigenvalue weighted by Crippen LogP contribution is 2.30.